The molecule has 0 bridgehead atoms. The van der Waals surface area contributed by atoms with Crippen molar-refractivity contribution < 1.29 is 22.7 Å². The number of amides is 1. The summed E-state index contributed by atoms with van der Waals surface area (Å²) in [6.07, 6.45) is -2.51. The highest BCUT2D eigenvalue weighted by Gasteiger charge is 2.42. The van der Waals surface area contributed by atoms with Crippen LogP contribution in [-0.2, 0) is 11.0 Å². The Morgan fingerprint density at radius 1 is 1.42 bits per heavy atom. The SMILES string of the molecule is CN1CCC(NC(=O)C(C)(C)COc2ncccc2C(F)(F)F)C1(C)C. The third kappa shape index (κ3) is 4.28. The van der Waals surface area contributed by atoms with Crippen LogP contribution in [0.2, 0.25) is 0 Å². The summed E-state index contributed by atoms with van der Waals surface area (Å²) in [5, 5.41) is 3.02. The van der Waals surface area contributed by atoms with E-state index < -0.39 is 23.0 Å². The lowest BCUT2D eigenvalue weighted by molar-refractivity contribution is -0.139. The highest BCUT2D eigenvalue weighted by molar-refractivity contribution is 5.82. The molecule has 0 spiro atoms. The fourth-order valence-corrected chi connectivity index (χ4v) is 2.87. The van der Waals surface area contributed by atoms with Gasteiger partial charge in [0.05, 0.1) is 5.41 Å². The van der Waals surface area contributed by atoms with Crippen LogP contribution >= 0.6 is 0 Å². The number of hydrogen-bond acceptors (Lipinski definition) is 4. The average molecular weight is 373 g/mol. The molecule has 2 rings (SSSR count). The van der Waals surface area contributed by atoms with Crippen molar-refractivity contribution in [3.63, 3.8) is 0 Å². The summed E-state index contributed by atoms with van der Waals surface area (Å²) in [5.41, 5.74) is -2.14. The molecule has 1 aromatic rings. The molecule has 1 atom stereocenters. The summed E-state index contributed by atoms with van der Waals surface area (Å²) in [7, 11) is 2.00. The van der Waals surface area contributed by atoms with Crippen molar-refractivity contribution in [2.75, 3.05) is 20.2 Å². The van der Waals surface area contributed by atoms with E-state index in [1.54, 1.807) is 13.8 Å². The number of pyridine rings is 1. The molecule has 1 aliphatic rings. The topological polar surface area (TPSA) is 54.5 Å². The number of rotatable bonds is 5. The Balaban J connectivity index is 2.04. The molecule has 146 valence electrons. The zero-order valence-electron chi connectivity index (χ0n) is 15.8. The maximum atomic E-state index is 13.0. The Labute approximate surface area is 151 Å². The van der Waals surface area contributed by atoms with Crippen molar-refractivity contribution in [2.24, 2.45) is 5.41 Å². The second-order valence-electron chi connectivity index (χ2n) is 7.92. The van der Waals surface area contributed by atoms with Crippen molar-refractivity contribution in [2.45, 2.75) is 51.9 Å². The van der Waals surface area contributed by atoms with Gasteiger partial charge in [-0.1, -0.05) is 0 Å². The molecule has 1 unspecified atom stereocenters. The summed E-state index contributed by atoms with van der Waals surface area (Å²) in [6, 6.07) is 2.08. The van der Waals surface area contributed by atoms with E-state index in [2.05, 4.69) is 29.0 Å². The molecule has 0 saturated carbocycles. The number of alkyl halides is 3. The normalized spacial score (nSPS) is 20.8. The molecule has 5 nitrogen and oxygen atoms in total. The average Bonchev–Trinajstić information content (AvgIpc) is 2.79. The minimum atomic E-state index is -4.56. The van der Waals surface area contributed by atoms with Crippen LogP contribution < -0.4 is 10.1 Å². The molecule has 0 aromatic carbocycles. The van der Waals surface area contributed by atoms with Gasteiger partial charge >= 0.3 is 6.18 Å². The van der Waals surface area contributed by atoms with Crippen molar-refractivity contribution >= 4 is 5.91 Å². The molecular formula is C18H26F3N3O2. The second-order valence-corrected chi connectivity index (χ2v) is 7.92. The maximum absolute atomic E-state index is 13.0. The second kappa shape index (κ2) is 7.06. The van der Waals surface area contributed by atoms with E-state index >= 15 is 0 Å². The first-order valence-electron chi connectivity index (χ1n) is 8.53. The number of carbonyl (C=O) groups is 1. The number of aromatic nitrogens is 1. The Morgan fingerprint density at radius 2 is 2.08 bits per heavy atom. The molecule has 2 heterocycles. The van der Waals surface area contributed by atoms with Crippen LogP contribution in [-0.4, -0.2) is 47.6 Å². The van der Waals surface area contributed by atoms with Gasteiger partial charge in [-0.25, -0.2) is 4.98 Å². The summed E-state index contributed by atoms with van der Waals surface area (Å²) in [5.74, 6) is -0.767. The van der Waals surface area contributed by atoms with Crippen molar-refractivity contribution in [1.29, 1.82) is 0 Å². The molecule has 0 aliphatic carbocycles. The molecular weight excluding hydrogens is 347 g/mol. The van der Waals surface area contributed by atoms with Crippen LogP contribution in [0, 0.1) is 5.41 Å². The number of carbonyl (C=O) groups excluding carboxylic acids is 1. The molecule has 1 aromatic heterocycles. The van der Waals surface area contributed by atoms with Gasteiger partial charge in [-0.05, 0) is 53.3 Å². The summed E-state index contributed by atoms with van der Waals surface area (Å²) < 4.78 is 44.3. The van der Waals surface area contributed by atoms with Gasteiger partial charge in [0.2, 0.25) is 11.8 Å². The number of likely N-dealkylation sites (N-methyl/N-ethyl adjacent to an activating group) is 1. The number of halogens is 3. The van der Waals surface area contributed by atoms with Gasteiger partial charge in [0, 0.05) is 24.3 Å². The predicted molar refractivity (Wildman–Crippen MR) is 91.8 cm³/mol. The lowest BCUT2D eigenvalue weighted by atomic mass is 9.90. The van der Waals surface area contributed by atoms with Gasteiger partial charge in [0.25, 0.3) is 0 Å². The zero-order valence-corrected chi connectivity index (χ0v) is 15.8. The van der Waals surface area contributed by atoms with Gasteiger partial charge < -0.3 is 10.1 Å². The number of ether oxygens (including phenoxy) is 1. The number of nitrogens with one attached hydrogen (secondary N) is 1. The Hall–Kier alpha value is -1.83. The van der Waals surface area contributed by atoms with Crippen LogP contribution in [0.1, 0.15) is 39.7 Å². The van der Waals surface area contributed by atoms with Crippen LogP contribution in [0.4, 0.5) is 13.2 Å². The molecule has 1 saturated heterocycles. The maximum Gasteiger partial charge on any atom is 0.421 e. The van der Waals surface area contributed by atoms with Crippen LogP contribution in [0.25, 0.3) is 0 Å². The molecule has 1 N–H and O–H groups in total. The van der Waals surface area contributed by atoms with Gasteiger partial charge in [-0.3, -0.25) is 9.69 Å². The summed E-state index contributed by atoms with van der Waals surface area (Å²) in [6.45, 7) is 8.06. The first-order valence-corrected chi connectivity index (χ1v) is 8.53. The molecule has 26 heavy (non-hydrogen) atoms. The van der Waals surface area contributed by atoms with Crippen molar-refractivity contribution in [3.05, 3.63) is 23.9 Å². The van der Waals surface area contributed by atoms with E-state index in [4.69, 9.17) is 4.74 Å². The lowest BCUT2D eigenvalue weighted by Gasteiger charge is -2.35. The summed E-state index contributed by atoms with van der Waals surface area (Å²) >= 11 is 0. The van der Waals surface area contributed by atoms with Gasteiger partial charge in [0.1, 0.15) is 12.2 Å². The van der Waals surface area contributed by atoms with Crippen molar-refractivity contribution in [3.8, 4) is 5.88 Å². The van der Waals surface area contributed by atoms with E-state index in [0.717, 1.165) is 19.0 Å². The van der Waals surface area contributed by atoms with E-state index in [9.17, 15) is 18.0 Å². The van der Waals surface area contributed by atoms with Gasteiger partial charge in [0.15, 0.2) is 0 Å². The third-order valence-corrected chi connectivity index (χ3v) is 5.16. The van der Waals surface area contributed by atoms with E-state index in [0.29, 0.717) is 0 Å². The monoisotopic (exact) mass is 373 g/mol. The fourth-order valence-electron chi connectivity index (χ4n) is 2.87. The smallest absolute Gasteiger partial charge is 0.421 e. The first-order chi connectivity index (χ1) is 11.9. The fraction of sp³-hybridized carbons (Fsp3) is 0.667. The van der Waals surface area contributed by atoms with Crippen molar-refractivity contribution in [1.82, 2.24) is 15.2 Å². The predicted octanol–water partition coefficient (Wildman–Crippen LogP) is 3.10. The Bertz CT molecular complexity index is 659. The van der Waals surface area contributed by atoms with E-state index in [1.807, 2.05) is 7.05 Å². The van der Waals surface area contributed by atoms with Gasteiger partial charge in [-0.15, -0.1) is 0 Å². The zero-order chi connectivity index (χ0) is 19.8. The lowest BCUT2D eigenvalue weighted by Crippen LogP contribution is -2.54. The molecule has 8 heteroatoms. The molecule has 0 radical (unpaired) electrons. The third-order valence-electron chi connectivity index (χ3n) is 5.16. The summed E-state index contributed by atoms with van der Waals surface area (Å²) in [4.78, 5) is 18.5. The minimum Gasteiger partial charge on any atom is -0.476 e. The standard InChI is InChI=1S/C18H26F3N3O2/c1-16(2,15(25)23-13-8-10-24(5)17(13,3)4)11-26-14-12(18(19,20)21)7-6-9-22-14/h6-7,9,13H,8,10-11H2,1-5H3,(H,23,25). The molecule has 1 aliphatic heterocycles. The Morgan fingerprint density at radius 3 is 2.62 bits per heavy atom. The molecule has 1 amide bonds. The van der Waals surface area contributed by atoms with Crippen LogP contribution in [0.5, 0.6) is 5.88 Å². The van der Waals surface area contributed by atoms with Gasteiger partial charge in [-0.2, -0.15) is 13.2 Å². The number of nitrogens with zero attached hydrogens (tertiary/aromatic N) is 2. The first kappa shape index (κ1) is 20.5. The largest absolute Gasteiger partial charge is 0.476 e. The molecule has 1 fully saturated rings. The number of hydrogen-bond donors (Lipinski definition) is 1. The highest BCUT2D eigenvalue weighted by Crippen LogP contribution is 2.35. The minimum absolute atomic E-state index is 0.0279. The van der Waals surface area contributed by atoms with E-state index in [1.165, 1.54) is 12.3 Å². The number of likely N-dealkylation sites (tertiary alicyclic amines) is 1. The Kier molecular flexibility index (Phi) is 5.56. The van der Waals surface area contributed by atoms with E-state index in [-0.39, 0.29) is 24.1 Å². The highest BCUT2D eigenvalue weighted by atomic mass is 19.4. The van der Waals surface area contributed by atoms with Crippen LogP contribution in [0.15, 0.2) is 18.3 Å². The van der Waals surface area contributed by atoms with Crippen LogP contribution in [0.3, 0.4) is 0 Å². The quantitative estimate of drug-likeness (QED) is 0.862.